The van der Waals surface area contributed by atoms with Crippen LogP contribution in [0, 0.1) is 5.92 Å². The highest BCUT2D eigenvalue weighted by molar-refractivity contribution is 5.82. The zero-order chi connectivity index (χ0) is 21.8. The van der Waals surface area contributed by atoms with Crippen LogP contribution in [0.3, 0.4) is 0 Å². The third kappa shape index (κ3) is 6.44. The summed E-state index contributed by atoms with van der Waals surface area (Å²) in [5, 5.41) is 2.63. The van der Waals surface area contributed by atoms with Crippen LogP contribution in [0.25, 0.3) is 0 Å². The van der Waals surface area contributed by atoms with Crippen molar-refractivity contribution >= 4 is 23.4 Å². The number of hydrogen-bond donors (Lipinski definition) is 2. The Morgan fingerprint density at radius 2 is 1.97 bits per heavy atom. The SMILES string of the molecule is COc1cc(N)ccc1N1CC[C@@H](OC(=O)C(NC(=O)OC(C)(C)C)C(C)C)C1. The highest BCUT2D eigenvalue weighted by Crippen LogP contribution is 2.33. The Balaban J connectivity index is 1.98. The molecule has 8 nitrogen and oxygen atoms in total. The minimum absolute atomic E-state index is 0.135. The monoisotopic (exact) mass is 407 g/mol. The first kappa shape index (κ1) is 22.6. The molecule has 3 N–H and O–H groups in total. The Labute approximate surface area is 172 Å². The minimum Gasteiger partial charge on any atom is -0.495 e. The van der Waals surface area contributed by atoms with Gasteiger partial charge in [0.2, 0.25) is 0 Å². The Hall–Kier alpha value is -2.64. The lowest BCUT2D eigenvalue weighted by molar-refractivity contribution is -0.151. The zero-order valence-electron chi connectivity index (χ0n) is 18.2. The van der Waals surface area contributed by atoms with E-state index in [-0.39, 0.29) is 12.0 Å². The topological polar surface area (TPSA) is 103 Å². The van der Waals surface area contributed by atoms with Crippen LogP contribution in [0.2, 0.25) is 0 Å². The molecule has 29 heavy (non-hydrogen) atoms. The van der Waals surface area contributed by atoms with Gasteiger partial charge < -0.3 is 30.2 Å². The summed E-state index contributed by atoms with van der Waals surface area (Å²) >= 11 is 0. The molecule has 1 amide bonds. The Kier molecular flexibility index (Phi) is 7.21. The van der Waals surface area contributed by atoms with Gasteiger partial charge in [0, 0.05) is 24.7 Å². The molecule has 1 aliphatic heterocycles. The normalized spacial score (nSPS) is 17.8. The van der Waals surface area contributed by atoms with Gasteiger partial charge in [0.1, 0.15) is 23.5 Å². The van der Waals surface area contributed by atoms with Crippen LogP contribution < -0.4 is 20.7 Å². The van der Waals surface area contributed by atoms with Crippen molar-refractivity contribution < 1.29 is 23.8 Å². The second-order valence-electron chi connectivity index (χ2n) is 8.59. The van der Waals surface area contributed by atoms with Crippen LogP contribution in [0.1, 0.15) is 41.0 Å². The molecule has 1 aliphatic rings. The molecule has 1 fully saturated rings. The van der Waals surface area contributed by atoms with E-state index in [1.807, 2.05) is 26.0 Å². The third-order valence-corrected chi connectivity index (χ3v) is 4.57. The van der Waals surface area contributed by atoms with Gasteiger partial charge >= 0.3 is 12.1 Å². The predicted molar refractivity (Wildman–Crippen MR) is 112 cm³/mol. The average Bonchev–Trinajstić information content (AvgIpc) is 3.05. The molecule has 0 radical (unpaired) electrons. The third-order valence-electron chi connectivity index (χ3n) is 4.57. The first-order valence-corrected chi connectivity index (χ1v) is 9.88. The van der Waals surface area contributed by atoms with Crippen molar-refractivity contribution in [1.29, 1.82) is 0 Å². The molecule has 1 saturated heterocycles. The van der Waals surface area contributed by atoms with E-state index in [0.29, 0.717) is 24.4 Å². The minimum atomic E-state index is -0.773. The lowest BCUT2D eigenvalue weighted by Crippen LogP contribution is -2.48. The summed E-state index contributed by atoms with van der Waals surface area (Å²) in [5.41, 5.74) is 6.72. The summed E-state index contributed by atoms with van der Waals surface area (Å²) in [4.78, 5) is 26.9. The van der Waals surface area contributed by atoms with Gasteiger partial charge in [-0.3, -0.25) is 0 Å². The molecule has 1 unspecified atom stereocenters. The maximum absolute atomic E-state index is 12.7. The van der Waals surface area contributed by atoms with E-state index in [1.165, 1.54) is 0 Å². The fraction of sp³-hybridized carbons (Fsp3) is 0.619. The highest BCUT2D eigenvalue weighted by atomic mass is 16.6. The molecule has 0 bridgehead atoms. The fourth-order valence-electron chi connectivity index (χ4n) is 3.17. The summed E-state index contributed by atoms with van der Waals surface area (Å²) in [5.74, 6) is 0.0929. The van der Waals surface area contributed by atoms with Crippen molar-refractivity contribution in [2.45, 2.75) is 58.8 Å². The van der Waals surface area contributed by atoms with Gasteiger partial charge in [-0.25, -0.2) is 9.59 Å². The first-order valence-electron chi connectivity index (χ1n) is 9.88. The average molecular weight is 408 g/mol. The van der Waals surface area contributed by atoms with Gasteiger partial charge in [0.05, 0.1) is 19.3 Å². The second kappa shape index (κ2) is 9.24. The van der Waals surface area contributed by atoms with Crippen LogP contribution in [0.15, 0.2) is 18.2 Å². The molecule has 2 atom stereocenters. The lowest BCUT2D eigenvalue weighted by atomic mass is 10.0. The number of methoxy groups -OCH3 is 1. The number of carbonyl (C=O) groups excluding carboxylic acids is 2. The number of ether oxygens (including phenoxy) is 3. The Morgan fingerprint density at radius 3 is 2.55 bits per heavy atom. The fourth-order valence-corrected chi connectivity index (χ4v) is 3.17. The first-order chi connectivity index (χ1) is 13.5. The molecule has 1 aromatic carbocycles. The number of anilines is 2. The number of nitrogens with two attached hydrogens (primary N) is 1. The molecule has 0 aliphatic carbocycles. The van der Waals surface area contributed by atoms with E-state index in [9.17, 15) is 9.59 Å². The highest BCUT2D eigenvalue weighted by Gasteiger charge is 2.33. The van der Waals surface area contributed by atoms with Crippen LogP contribution in [0.5, 0.6) is 5.75 Å². The Bertz CT molecular complexity index is 730. The van der Waals surface area contributed by atoms with Crippen molar-refractivity contribution in [2.75, 3.05) is 30.8 Å². The number of esters is 1. The van der Waals surface area contributed by atoms with E-state index in [4.69, 9.17) is 19.9 Å². The van der Waals surface area contributed by atoms with Gasteiger partial charge in [-0.15, -0.1) is 0 Å². The molecule has 162 valence electrons. The molecule has 1 heterocycles. The van der Waals surface area contributed by atoms with Crippen molar-refractivity contribution in [3.63, 3.8) is 0 Å². The van der Waals surface area contributed by atoms with Crippen molar-refractivity contribution in [3.8, 4) is 5.75 Å². The molecule has 8 heteroatoms. The maximum atomic E-state index is 12.7. The summed E-state index contributed by atoms with van der Waals surface area (Å²) in [6, 6.07) is 4.72. The van der Waals surface area contributed by atoms with Crippen LogP contribution in [-0.4, -0.2) is 50.0 Å². The van der Waals surface area contributed by atoms with E-state index in [1.54, 1.807) is 33.9 Å². The molecule has 0 spiro atoms. The predicted octanol–water partition coefficient (Wildman–Crippen LogP) is 2.95. The van der Waals surface area contributed by atoms with Gasteiger partial charge in [0.15, 0.2) is 0 Å². The van der Waals surface area contributed by atoms with E-state index in [2.05, 4.69) is 10.2 Å². The zero-order valence-corrected chi connectivity index (χ0v) is 18.2. The molecular formula is C21H33N3O5. The summed E-state index contributed by atoms with van der Waals surface area (Å²) in [6.07, 6.45) is -0.212. The quantitative estimate of drug-likeness (QED) is 0.552. The number of nitrogens with zero attached hydrogens (tertiary/aromatic N) is 1. The van der Waals surface area contributed by atoms with Crippen molar-refractivity contribution in [2.24, 2.45) is 5.92 Å². The van der Waals surface area contributed by atoms with Crippen LogP contribution in [-0.2, 0) is 14.3 Å². The summed E-state index contributed by atoms with van der Waals surface area (Å²) < 4.78 is 16.4. The second-order valence-corrected chi connectivity index (χ2v) is 8.59. The van der Waals surface area contributed by atoms with Crippen LogP contribution in [0.4, 0.5) is 16.2 Å². The standard InChI is InChI=1S/C21H33N3O5/c1-13(2)18(23-20(26)29-21(3,4)5)19(25)28-15-9-10-24(12-15)16-8-7-14(22)11-17(16)27-6/h7-8,11,13,15,18H,9-10,12,22H2,1-6H3,(H,23,26)/t15-,18?/m1/s1. The van der Waals surface area contributed by atoms with Gasteiger partial charge in [-0.2, -0.15) is 0 Å². The number of nitrogen functional groups attached to an aromatic ring is 1. The number of alkyl carbamates (subject to hydrolysis) is 1. The van der Waals surface area contributed by atoms with Gasteiger partial charge in [-0.05, 0) is 38.8 Å². The number of nitrogens with one attached hydrogen (secondary N) is 1. The number of hydrogen-bond acceptors (Lipinski definition) is 7. The largest absolute Gasteiger partial charge is 0.495 e. The number of carbonyl (C=O) groups is 2. The van der Waals surface area contributed by atoms with Crippen LogP contribution >= 0.6 is 0 Å². The molecular weight excluding hydrogens is 374 g/mol. The van der Waals surface area contributed by atoms with E-state index < -0.39 is 23.7 Å². The maximum Gasteiger partial charge on any atom is 0.408 e. The van der Waals surface area contributed by atoms with Crippen molar-refractivity contribution in [1.82, 2.24) is 5.32 Å². The molecule has 0 saturated carbocycles. The van der Waals surface area contributed by atoms with E-state index >= 15 is 0 Å². The number of rotatable bonds is 6. The van der Waals surface area contributed by atoms with Crippen molar-refractivity contribution in [3.05, 3.63) is 18.2 Å². The molecule has 0 aromatic heterocycles. The van der Waals surface area contributed by atoms with Gasteiger partial charge in [-0.1, -0.05) is 13.8 Å². The van der Waals surface area contributed by atoms with Gasteiger partial charge in [0.25, 0.3) is 0 Å². The lowest BCUT2D eigenvalue weighted by Gasteiger charge is -2.26. The summed E-state index contributed by atoms with van der Waals surface area (Å²) in [7, 11) is 1.60. The number of benzene rings is 1. The Morgan fingerprint density at radius 1 is 1.28 bits per heavy atom. The van der Waals surface area contributed by atoms with E-state index in [0.717, 1.165) is 12.2 Å². The molecule has 1 aromatic rings. The molecule has 2 rings (SSSR count). The summed E-state index contributed by atoms with van der Waals surface area (Å²) in [6.45, 7) is 10.3. The number of amides is 1. The smallest absolute Gasteiger partial charge is 0.408 e.